The van der Waals surface area contributed by atoms with E-state index in [1.54, 1.807) is 6.20 Å². The molecule has 0 saturated heterocycles. The number of carbonyl (C=O) groups is 1. The second-order valence-corrected chi connectivity index (χ2v) is 5.93. The van der Waals surface area contributed by atoms with Crippen molar-refractivity contribution in [2.24, 2.45) is 5.92 Å². The predicted octanol–water partition coefficient (Wildman–Crippen LogP) is 2.97. The van der Waals surface area contributed by atoms with Gasteiger partial charge in [0, 0.05) is 30.5 Å². The number of aldehydes is 1. The molecule has 1 aromatic carbocycles. The van der Waals surface area contributed by atoms with Crippen LogP contribution in [-0.2, 0) is 4.79 Å². The summed E-state index contributed by atoms with van der Waals surface area (Å²) in [7, 11) is 0. The lowest BCUT2D eigenvalue weighted by Crippen LogP contribution is -2.38. The van der Waals surface area contributed by atoms with Crippen LogP contribution >= 0.6 is 0 Å². The highest BCUT2D eigenvalue weighted by molar-refractivity contribution is 6.07. The molecule has 3 rings (SSSR count). The highest BCUT2D eigenvalue weighted by Gasteiger charge is 2.27. The molecule has 118 valence electrons. The van der Waals surface area contributed by atoms with Crippen LogP contribution in [0.25, 0.3) is 16.6 Å². The fourth-order valence-electron chi connectivity index (χ4n) is 2.90. The van der Waals surface area contributed by atoms with Crippen molar-refractivity contribution in [3.05, 3.63) is 42.4 Å². The van der Waals surface area contributed by atoms with Gasteiger partial charge in [-0.3, -0.25) is 4.98 Å². The van der Waals surface area contributed by atoms with E-state index in [9.17, 15) is 4.79 Å². The van der Waals surface area contributed by atoms with Gasteiger partial charge in [-0.1, -0.05) is 12.1 Å². The number of carbonyl (C=O) groups excluding carboxylic acids is 1. The van der Waals surface area contributed by atoms with Gasteiger partial charge in [0.1, 0.15) is 6.29 Å². The normalized spacial score (nSPS) is 20.8. The third kappa shape index (κ3) is 3.62. The number of fused-ring (bicyclic) bond motifs is 1. The Morgan fingerprint density at radius 2 is 2.09 bits per heavy atom. The van der Waals surface area contributed by atoms with Gasteiger partial charge < -0.3 is 15.5 Å². The Morgan fingerprint density at radius 3 is 2.83 bits per heavy atom. The molecule has 0 amide bonds. The first-order valence-corrected chi connectivity index (χ1v) is 7.92. The van der Waals surface area contributed by atoms with E-state index in [-0.39, 0.29) is 0 Å². The van der Waals surface area contributed by atoms with Crippen LogP contribution in [0, 0.1) is 11.3 Å². The van der Waals surface area contributed by atoms with E-state index in [4.69, 9.17) is 5.41 Å². The SMILES string of the molecule is N=C/C(=C\NC1CC(CCC=O)C1)c1cnc2ccccc2n1. The van der Waals surface area contributed by atoms with Crippen LogP contribution in [0.4, 0.5) is 0 Å². The number of allylic oxidation sites excluding steroid dienone is 1. The maximum absolute atomic E-state index is 10.4. The molecule has 1 aliphatic rings. The Balaban J connectivity index is 1.64. The Hall–Kier alpha value is -2.56. The van der Waals surface area contributed by atoms with Crippen molar-refractivity contribution in [3.63, 3.8) is 0 Å². The standard InChI is InChI=1S/C18H20N4O/c19-10-14(11-20-15-8-13(9-15)4-3-7-23)18-12-21-16-5-1-2-6-17(16)22-18/h1-2,5-7,10-13,15,19-20H,3-4,8-9H2/b14-11+,19-10?. The molecular weight excluding hydrogens is 288 g/mol. The van der Waals surface area contributed by atoms with Crippen molar-refractivity contribution >= 4 is 29.1 Å². The van der Waals surface area contributed by atoms with Crippen molar-refractivity contribution in [1.82, 2.24) is 15.3 Å². The van der Waals surface area contributed by atoms with Crippen LogP contribution in [-0.4, -0.2) is 28.5 Å². The van der Waals surface area contributed by atoms with Gasteiger partial charge in [0.05, 0.1) is 22.9 Å². The van der Waals surface area contributed by atoms with Crippen LogP contribution < -0.4 is 5.32 Å². The molecule has 0 atom stereocenters. The Bertz CT molecular complexity index is 735. The summed E-state index contributed by atoms with van der Waals surface area (Å²) in [6.45, 7) is 0. The van der Waals surface area contributed by atoms with Crippen LogP contribution in [0.5, 0.6) is 0 Å². The fraction of sp³-hybridized carbons (Fsp3) is 0.333. The molecule has 2 aromatic rings. The van der Waals surface area contributed by atoms with Crippen LogP contribution in [0.2, 0.25) is 0 Å². The fourth-order valence-corrected chi connectivity index (χ4v) is 2.90. The summed E-state index contributed by atoms with van der Waals surface area (Å²) in [4.78, 5) is 19.3. The van der Waals surface area contributed by atoms with Crippen molar-refractivity contribution in [1.29, 1.82) is 5.41 Å². The maximum atomic E-state index is 10.4. The van der Waals surface area contributed by atoms with Crippen molar-refractivity contribution in [2.75, 3.05) is 0 Å². The molecular formula is C18H20N4O. The lowest BCUT2D eigenvalue weighted by atomic mass is 9.78. The zero-order valence-corrected chi connectivity index (χ0v) is 12.9. The van der Waals surface area contributed by atoms with E-state index < -0.39 is 0 Å². The maximum Gasteiger partial charge on any atom is 0.120 e. The first-order valence-electron chi connectivity index (χ1n) is 7.92. The van der Waals surface area contributed by atoms with E-state index >= 15 is 0 Å². The summed E-state index contributed by atoms with van der Waals surface area (Å²) in [6, 6.07) is 8.13. The Kier molecular flexibility index (Phi) is 4.76. The molecule has 1 aliphatic carbocycles. The molecule has 1 aromatic heterocycles. The summed E-state index contributed by atoms with van der Waals surface area (Å²) >= 11 is 0. The first-order chi connectivity index (χ1) is 11.3. The topological polar surface area (TPSA) is 78.7 Å². The first kappa shape index (κ1) is 15.3. The largest absolute Gasteiger partial charge is 0.388 e. The second kappa shape index (κ2) is 7.13. The Labute approximate surface area is 135 Å². The summed E-state index contributed by atoms with van der Waals surface area (Å²) < 4.78 is 0. The molecule has 0 bridgehead atoms. The van der Waals surface area contributed by atoms with Gasteiger partial charge in [-0.2, -0.15) is 0 Å². The molecule has 0 radical (unpaired) electrons. The van der Waals surface area contributed by atoms with Gasteiger partial charge in [-0.25, -0.2) is 4.98 Å². The number of nitrogens with one attached hydrogen (secondary N) is 2. The minimum atomic E-state index is 0.426. The summed E-state index contributed by atoms with van der Waals surface area (Å²) in [5.41, 5.74) is 3.10. The van der Waals surface area contributed by atoms with E-state index in [1.165, 1.54) is 6.21 Å². The zero-order valence-electron chi connectivity index (χ0n) is 12.9. The quantitative estimate of drug-likeness (QED) is 0.609. The predicted molar refractivity (Wildman–Crippen MR) is 91.2 cm³/mol. The van der Waals surface area contributed by atoms with Gasteiger partial charge in [0.2, 0.25) is 0 Å². The number of rotatable bonds is 7. The van der Waals surface area contributed by atoms with E-state index in [0.717, 1.165) is 42.2 Å². The van der Waals surface area contributed by atoms with Crippen molar-refractivity contribution in [3.8, 4) is 0 Å². The second-order valence-electron chi connectivity index (χ2n) is 5.93. The molecule has 2 N–H and O–H groups in total. The summed E-state index contributed by atoms with van der Waals surface area (Å²) in [6.07, 6.45) is 9.66. The zero-order chi connectivity index (χ0) is 16.1. The van der Waals surface area contributed by atoms with E-state index in [1.807, 2.05) is 30.5 Å². The van der Waals surface area contributed by atoms with Crippen LogP contribution in [0.1, 0.15) is 31.4 Å². The number of nitrogens with zero attached hydrogens (tertiary/aromatic N) is 2. The lowest BCUT2D eigenvalue weighted by molar-refractivity contribution is -0.108. The number of aromatic nitrogens is 2. The molecule has 0 spiro atoms. The number of hydrogen-bond donors (Lipinski definition) is 2. The van der Waals surface area contributed by atoms with Gasteiger partial charge in [0.25, 0.3) is 0 Å². The van der Waals surface area contributed by atoms with Crippen molar-refractivity contribution in [2.45, 2.75) is 31.7 Å². The highest BCUT2D eigenvalue weighted by Crippen LogP contribution is 2.31. The molecule has 0 unspecified atom stereocenters. The third-order valence-electron chi connectivity index (χ3n) is 4.30. The van der Waals surface area contributed by atoms with Crippen LogP contribution in [0.3, 0.4) is 0 Å². The number of para-hydroxylation sites is 2. The summed E-state index contributed by atoms with van der Waals surface area (Å²) in [5.74, 6) is 0.648. The number of hydrogen-bond acceptors (Lipinski definition) is 5. The minimum absolute atomic E-state index is 0.426. The molecule has 23 heavy (non-hydrogen) atoms. The molecule has 0 aliphatic heterocycles. The molecule has 1 saturated carbocycles. The molecule has 1 fully saturated rings. The molecule has 5 nitrogen and oxygen atoms in total. The van der Waals surface area contributed by atoms with Gasteiger partial charge in [-0.05, 0) is 37.3 Å². The minimum Gasteiger partial charge on any atom is -0.388 e. The van der Waals surface area contributed by atoms with E-state index in [0.29, 0.717) is 24.1 Å². The van der Waals surface area contributed by atoms with Gasteiger partial charge >= 0.3 is 0 Å². The summed E-state index contributed by atoms with van der Waals surface area (Å²) in [5, 5.41) is 11.0. The molecule has 5 heteroatoms. The third-order valence-corrected chi connectivity index (χ3v) is 4.30. The van der Waals surface area contributed by atoms with Gasteiger partial charge in [0.15, 0.2) is 0 Å². The average Bonchev–Trinajstić information content (AvgIpc) is 2.56. The molecule has 1 heterocycles. The average molecular weight is 308 g/mol. The number of benzene rings is 1. The van der Waals surface area contributed by atoms with E-state index in [2.05, 4.69) is 15.3 Å². The monoisotopic (exact) mass is 308 g/mol. The highest BCUT2D eigenvalue weighted by atomic mass is 16.1. The van der Waals surface area contributed by atoms with Crippen LogP contribution in [0.15, 0.2) is 36.7 Å². The van der Waals surface area contributed by atoms with Gasteiger partial charge in [-0.15, -0.1) is 0 Å². The smallest absolute Gasteiger partial charge is 0.120 e. The lowest BCUT2D eigenvalue weighted by Gasteiger charge is -2.35. The van der Waals surface area contributed by atoms with Crippen molar-refractivity contribution < 1.29 is 4.79 Å². The Morgan fingerprint density at radius 1 is 1.30 bits per heavy atom.